The van der Waals surface area contributed by atoms with E-state index in [1.165, 1.54) is 6.33 Å². The zero-order valence-electron chi connectivity index (χ0n) is 8.37. The lowest BCUT2D eigenvalue weighted by Gasteiger charge is -2.06. The van der Waals surface area contributed by atoms with Crippen LogP contribution >= 0.6 is 0 Å². The molecular weight excluding hydrogens is 220 g/mol. The van der Waals surface area contributed by atoms with Gasteiger partial charge >= 0.3 is 0 Å². The molecule has 2 aromatic rings. The van der Waals surface area contributed by atoms with Gasteiger partial charge in [-0.2, -0.15) is 9.97 Å². The predicted octanol–water partition coefficient (Wildman–Crippen LogP) is 1.04. The average Bonchev–Trinajstić information content (AvgIpc) is 2.73. The number of rotatable bonds is 4. The largest absolute Gasteiger partial charge is 0.470 e. The molecule has 0 aromatic carbocycles. The summed E-state index contributed by atoms with van der Waals surface area (Å²) in [5.41, 5.74) is 0.767. The number of fused-ring (bicyclic) bond motifs is 1. The van der Waals surface area contributed by atoms with Crippen molar-refractivity contribution in [3.05, 3.63) is 6.33 Å². The lowest BCUT2D eigenvalue weighted by molar-refractivity contribution is 0.0804. The van der Waals surface area contributed by atoms with Crippen LogP contribution in [0.2, 0.25) is 0 Å². The Hall–Kier alpha value is -1.99. The first-order valence-corrected chi connectivity index (χ1v) is 4.50. The van der Waals surface area contributed by atoms with E-state index in [9.17, 15) is 8.78 Å². The van der Waals surface area contributed by atoms with E-state index in [0.29, 0.717) is 11.2 Å². The number of hydrogen-bond acceptors (Lipinski definition) is 5. The van der Waals surface area contributed by atoms with Gasteiger partial charge in [0.15, 0.2) is 12.3 Å². The molecule has 8 heteroatoms. The fraction of sp³-hybridized carbons (Fsp3) is 0.375. The lowest BCUT2D eigenvalue weighted by Crippen LogP contribution is -2.09. The summed E-state index contributed by atoms with van der Waals surface area (Å²) in [5, 5.41) is 2.69. The number of nitrogens with zero attached hydrogens (tertiary/aromatic N) is 3. The molecule has 2 rings (SSSR count). The number of anilines is 1. The molecule has 86 valence electrons. The van der Waals surface area contributed by atoms with Crippen molar-refractivity contribution in [2.24, 2.45) is 0 Å². The summed E-state index contributed by atoms with van der Waals surface area (Å²) in [5.74, 6) is 0.330. The molecule has 6 nitrogen and oxygen atoms in total. The van der Waals surface area contributed by atoms with E-state index in [-0.39, 0.29) is 11.8 Å². The van der Waals surface area contributed by atoms with Gasteiger partial charge in [-0.3, -0.25) is 0 Å². The van der Waals surface area contributed by atoms with Crippen LogP contribution in [0.4, 0.5) is 14.7 Å². The van der Waals surface area contributed by atoms with Gasteiger partial charge in [-0.1, -0.05) is 0 Å². The Morgan fingerprint density at radius 1 is 1.50 bits per heavy atom. The summed E-state index contributed by atoms with van der Waals surface area (Å²) < 4.78 is 28.9. The standard InChI is InChI=1S/C8H9F2N5O/c1-11-8-14-6-5(12-3-13-6)7(15-8)16-2-4(9)10/h3-4H,2H2,1H3,(H2,11,12,13,14,15). The fourth-order valence-electron chi connectivity index (χ4n) is 1.16. The molecule has 0 amide bonds. The highest BCUT2D eigenvalue weighted by Crippen LogP contribution is 2.20. The molecule has 0 aliphatic heterocycles. The van der Waals surface area contributed by atoms with E-state index in [2.05, 4.69) is 25.3 Å². The molecule has 0 atom stereocenters. The van der Waals surface area contributed by atoms with Crippen LogP contribution in [0.25, 0.3) is 11.2 Å². The average molecular weight is 229 g/mol. The summed E-state index contributed by atoms with van der Waals surface area (Å²) in [6.07, 6.45) is -1.15. The number of imidazole rings is 1. The van der Waals surface area contributed by atoms with Gasteiger partial charge in [0.05, 0.1) is 6.33 Å². The van der Waals surface area contributed by atoms with Crippen molar-refractivity contribution >= 4 is 17.1 Å². The van der Waals surface area contributed by atoms with Crippen LogP contribution in [-0.2, 0) is 0 Å². The van der Waals surface area contributed by atoms with Crippen molar-refractivity contribution in [1.29, 1.82) is 0 Å². The molecule has 0 bridgehead atoms. The Morgan fingerprint density at radius 2 is 2.31 bits per heavy atom. The Kier molecular flexibility index (Phi) is 2.80. The van der Waals surface area contributed by atoms with Crippen molar-refractivity contribution in [3.63, 3.8) is 0 Å². The zero-order valence-corrected chi connectivity index (χ0v) is 8.37. The van der Waals surface area contributed by atoms with E-state index in [1.807, 2.05) is 0 Å². The number of H-pyrrole nitrogens is 1. The van der Waals surface area contributed by atoms with Crippen molar-refractivity contribution in [2.75, 3.05) is 19.0 Å². The molecule has 0 unspecified atom stereocenters. The quantitative estimate of drug-likeness (QED) is 0.819. The molecule has 0 saturated carbocycles. The molecule has 0 fully saturated rings. The molecule has 0 aliphatic rings. The van der Waals surface area contributed by atoms with Crippen LogP contribution in [-0.4, -0.2) is 40.0 Å². The maximum Gasteiger partial charge on any atom is 0.272 e. The Balaban J connectivity index is 2.36. The first-order valence-electron chi connectivity index (χ1n) is 4.50. The van der Waals surface area contributed by atoms with Crippen LogP contribution in [0.3, 0.4) is 0 Å². The molecule has 2 heterocycles. The highest BCUT2D eigenvalue weighted by molar-refractivity contribution is 5.76. The first kappa shape index (κ1) is 10.5. The van der Waals surface area contributed by atoms with Crippen LogP contribution in [0.1, 0.15) is 0 Å². The zero-order chi connectivity index (χ0) is 11.5. The van der Waals surface area contributed by atoms with E-state index in [0.717, 1.165) is 0 Å². The van der Waals surface area contributed by atoms with Gasteiger partial charge in [0.1, 0.15) is 5.52 Å². The second-order valence-electron chi connectivity index (χ2n) is 2.91. The third-order valence-electron chi connectivity index (χ3n) is 1.82. The third kappa shape index (κ3) is 2.00. The number of alkyl halides is 2. The summed E-state index contributed by atoms with van der Waals surface area (Å²) in [7, 11) is 1.62. The normalized spacial score (nSPS) is 11.0. The molecule has 16 heavy (non-hydrogen) atoms. The maximum atomic E-state index is 12.0. The van der Waals surface area contributed by atoms with Gasteiger partial charge in [-0.05, 0) is 0 Å². The summed E-state index contributed by atoms with van der Waals surface area (Å²) in [6, 6.07) is 0. The van der Waals surface area contributed by atoms with Gasteiger partial charge < -0.3 is 15.0 Å². The van der Waals surface area contributed by atoms with Gasteiger partial charge in [0.2, 0.25) is 11.8 Å². The molecular formula is C8H9F2N5O. The minimum absolute atomic E-state index is 0.0622. The van der Waals surface area contributed by atoms with E-state index in [1.54, 1.807) is 7.05 Å². The summed E-state index contributed by atoms with van der Waals surface area (Å²) in [4.78, 5) is 14.6. The van der Waals surface area contributed by atoms with Crippen LogP contribution in [0.15, 0.2) is 6.33 Å². The van der Waals surface area contributed by atoms with E-state index in [4.69, 9.17) is 4.74 Å². The lowest BCUT2D eigenvalue weighted by atomic mass is 10.5. The summed E-state index contributed by atoms with van der Waals surface area (Å²) >= 11 is 0. The van der Waals surface area contributed by atoms with Crippen molar-refractivity contribution in [1.82, 2.24) is 19.9 Å². The predicted molar refractivity (Wildman–Crippen MR) is 52.7 cm³/mol. The monoisotopic (exact) mass is 229 g/mol. The smallest absolute Gasteiger partial charge is 0.272 e. The minimum Gasteiger partial charge on any atom is -0.470 e. The highest BCUT2D eigenvalue weighted by Gasteiger charge is 2.12. The van der Waals surface area contributed by atoms with Gasteiger partial charge in [0.25, 0.3) is 6.43 Å². The number of nitrogens with one attached hydrogen (secondary N) is 2. The second-order valence-corrected chi connectivity index (χ2v) is 2.91. The van der Waals surface area contributed by atoms with E-state index < -0.39 is 13.0 Å². The summed E-state index contributed by atoms with van der Waals surface area (Å²) in [6.45, 7) is -0.714. The van der Waals surface area contributed by atoms with Crippen molar-refractivity contribution in [2.45, 2.75) is 6.43 Å². The van der Waals surface area contributed by atoms with E-state index >= 15 is 0 Å². The Labute approximate surface area is 89.1 Å². The van der Waals surface area contributed by atoms with Gasteiger partial charge in [-0.25, -0.2) is 13.8 Å². The number of aromatic amines is 1. The number of aromatic nitrogens is 4. The molecule has 0 aliphatic carbocycles. The number of halogens is 2. The minimum atomic E-state index is -2.55. The Bertz CT molecular complexity index is 486. The number of ether oxygens (including phenoxy) is 1. The Morgan fingerprint density at radius 3 is 3.00 bits per heavy atom. The second kappa shape index (κ2) is 4.25. The molecule has 2 aromatic heterocycles. The topological polar surface area (TPSA) is 75.7 Å². The highest BCUT2D eigenvalue weighted by atomic mass is 19.3. The van der Waals surface area contributed by atoms with Crippen LogP contribution in [0, 0.1) is 0 Å². The first-order chi connectivity index (χ1) is 7.70. The van der Waals surface area contributed by atoms with Crippen molar-refractivity contribution < 1.29 is 13.5 Å². The number of hydrogen-bond donors (Lipinski definition) is 2. The molecule has 2 N–H and O–H groups in total. The fourth-order valence-corrected chi connectivity index (χ4v) is 1.16. The molecule has 0 saturated heterocycles. The maximum absolute atomic E-state index is 12.0. The van der Waals surface area contributed by atoms with Gasteiger partial charge in [0, 0.05) is 7.05 Å². The third-order valence-corrected chi connectivity index (χ3v) is 1.82. The van der Waals surface area contributed by atoms with Gasteiger partial charge in [-0.15, -0.1) is 0 Å². The van der Waals surface area contributed by atoms with Crippen LogP contribution < -0.4 is 10.1 Å². The van der Waals surface area contributed by atoms with Crippen LogP contribution in [0.5, 0.6) is 5.88 Å². The molecule has 0 spiro atoms. The SMILES string of the molecule is CNc1nc(OCC(F)F)c2[nH]cnc2n1. The van der Waals surface area contributed by atoms with Crippen molar-refractivity contribution in [3.8, 4) is 5.88 Å². The molecule has 0 radical (unpaired) electrons.